The molecule has 1 aromatic carbocycles. The van der Waals surface area contributed by atoms with Gasteiger partial charge in [0.1, 0.15) is 0 Å². The molecule has 0 radical (unpaired) electrons. The summed E-state index contributed by atoms with van der Waals surface area (Å²) in [5.74, 6) is 0. The highest BCUT2D eigenvalue weighted by Gasteiger charge is 2.09. The Balaban J connectivity index is 2.20. The Bertz CT molecular complexity index is 367. The predicted molar refractivity (Wildman–Crippen MR) is 77.2 cm³/mol. The van der Waals surface area contributed by atoms with Crippen molar-refractivity contribution in [2.24, 2.45) is 0 Å². The number of hydrogen-bond acceptors (Lipinski definition) is 1. The minimum atomic E-state index is 0.0963. The van der Waals surface area contributed by atoms with Crippen molar-refractivity contribution < 1.29 is 0 Å². The molecule has 17 heavy (non-hydrogen) atoms. The van der Waals surface area contributed by atoms with Crippen LogP contribution in [0.5, 0.6) is 0 Å². The van der Waals surface area contributed by atoms with Gasteiger partial charge in [-0.05, 0) is 35.6 Å². The van der Waals surface area contributed by atoms with Gasteiger partial charge in [0.2, 0.25) is 0 Å². The van der Waals surface area contributed by atoms with E-state index in [-0.39, 0.29) is 9.52 Å². The first-order valence-corrected chi connectivity index (χ1v) is 8.21. The van der Waals surface area contributed by atoms with Crippen molar-refractivity contribution in [2.45, 2.75) is 51.1 Å². The molecule has 0 saturated carbocycles. The molecule has 2 heteroatoms. The van der Waals surface area contributed by atoms with E-state index in [4.69, 9.17) is 5.26 Å². The normalized spacial score (nSPS) is 11.9. The number of nitriles is 1. The number of nitrogens with zero attached hydrogens (tertiary/aromatic N) is 1. The summed E-state index contributed by atoms with van der Waals surface area (Å²) in [6.45, 7) is 7.08. The maximum absolute atomic E-state index is 8.71. The first-order valence-electron chi connectivity index (χ1n) is 6.50. The highest BCUT2D eigenvalue weighted by Crippen LogP contribution is 2.22. The van der Waals surface area contributed by atoms with Crippen LogP contribution in [0.4, 0.5) is 0 Å². The average Bonchev–Trinajstić information content (AvgIpc) is 2.28. The fourth-order valence-corrected chi connectivity index (χ4v) is 3.57. The van der Waals surface area contributed by atoms with Gasteiger partial charge >= 0.3 is 0 Å². The van der Waals surface area contributed by atoms with Crippen molar-refractivity contribution in [1.29, 1.82) is 5.26 Å². The van der Waals surface area contributed by atoms with E-state index >= 15 is 0 Å². The minimum absolute atomic E-state index is 0.0963. The van der Waals surface area contributed by atoms with Crippen molar-refractivity contribution in [2.75, 3.05) is 0 Å². The molecule has 0 spiro atoms. The van der Waals surface area contributed by atoms with Gasteiger partial charge in [-0.25, -0.2) is 0 Å². The lowest BCUT2D eigenvalue weighted by Gasteiger charge is -2.16. The lowest BCUT2D eigenvalue weighted by Crippen LogP contribution is -2.07. The minimum Gasteiger partial charge on any atom is -0.192 e. The second-order valence-corrected chi connectivity index (χ2v) is 9.26. The van der Waals surface area contributed by atoms with Crippen LogP contribution >= 0.6 is 0 Å². The van der Waals surface area contributed by atoms with Crippen LogP contribution in [0.1, 0.15) is 44.7 Å². The van der Waals surface area contributed by atoms with Crippen molar-refractivity contribution in [3.63, 3.8) is 0 Å². The molecular weight excluding hydrogens is 222 g/mol. The van der Waals surface area contributed by atoms with Crippen LogP contribution in [0.3, 0.4) is 0 Å². The van der Waals surface area contributed by atoms with Gasteiger partial charge in [-0.2, -0.15) is 5.26 Å². The summed E-state index contributed by atoms with van der Waals surface area (Å²) in [6.07, 6.45) is 3.81. The van der Waals surface area contributed by atoms with E-state index in [1.165, 1.54) is 24.4 Å². The van der Waals surface area contributed by atoms with E-state index in [2.05, 4.69) is 39.0 Å². The Hall–Kier alpha value is -1.07. The summed E-state index contributed by atoms with van der Waals surface area (Å²) in [5.41, 5.74) is 2.12. The Morgan fingerprint density at radius 3 is 2.29 bits per heavy atom. The number of benzene rings is 1. The zero-order valence-electron chi connectivity index (χ0n) is 11.3. The van der Waals surface area contributed by atoms with Gasteiger partial charge in [0.05, 0.1) is 11.6 Å². The van der Waals surface area contributed by atoms with Crippen molar-refractivity contribution in [3.8, 4) is 6.07 Å². The quantitative estimate of drug-likeness (QED) is 0.573. The number of hydrogen-bond donors (Lipinski definition) is 0. The Labute approximate surface area is 108 Å². The molecule has 92 valence electrons. The van der Waals surface area contributed by atoms with E-state index in [0.29, 0.717) is 5.04 Å². The topological polar surface area (TPSA) is 23.8 Å². The third-order valence-electron chi connectivity index (χ3n) is 2.98. The summed E-state index contributed by atoms with van der Waals surface area (Å²) in [5, 5.41) is 9.31. The molecule has 0 unspecified atom stereocenters. The van der Waals surface area contributed by atoms with Crippen LogP contribution in [0.15, 0.2) is 24.3 Å². The van der Waals surface area contributed by atoms with Crippen LogP contribution in [0.25, 0.3) is 0 Å². The molecule has 0 fully saturated rings. The van der Waals surface area contributed by atoms with Gasteiger partial charge < -0.3 is 0 Å². The maximum atomic E-state index is 8.71. The van der Waals surface area contributed by atoms with Gasteiger partial charge in [-0.15, -0.1) is 0 Å². The maximum Gasteiger partial charge on any atom is 0.0991 e. The van der Waals surface area contributed by atoms with Crippen LogP contribution in [-0.2, 0) is 6.42 Å². The molecule has 0 aliphatic heterocycles. The second kappa shape index (κ2) is 6.61. The van der Waals surface area contributed by atoms with E-state index in [9.17, 15) is 0 Å². The molecule has 0 N–H and O–H groups in total. The largest absolute Gasteiger partial charge is 0.192 e. The summed E-state index contributed by atoms with van der Waals surface area (Å²) < 4.78 is 0. The predicted octanol–water partition coefficient (Wildman–Crippen LogP) is 3.69. The van der Waals surface area contributed by atoms with E-state index in [1.54, 1.807) is 0 Å². The monoisotopic (exact) mass is 245 g/mol. The Morgan fingerprint density at radius 2 is 1.76 bits per heavy atom. The molecule has 0 aliphatic rings. The third kappa shape index (κ3) is 6.28. The molecule has 0 aromatic heterocycles. The molecule has 1 aromatic rings. The number of aryl methyl sites for hydroxylation is 1. The van der Waals surface area contributed by atoms with E-state index in [0.717, 1.165) is 12.0 Å². The Morgan fingerprint density at radius 1 is 1.12 bits per heavy atom. The molecule has 0 atom stereocenters. The van der Waals surface area contributed by atoms with Gasteiger partial charge in [0.25, 0.3) is 0 Å². The Kier molecular flexibility index (Phi) is 5.44. The second-order valence-electron chi connectivity index (χ2n) is 5.93. The van der Waals surface area contributed by atoms with Gasteiger partial charge in [0.15, 0.2) is 0 Å². The SMILES string of the molecule is CC(C)(C)[SiH2]CCCCc1ccc(C#N)cc1. The molecule has 0 bridgehead atoms. The molecule has 0 aliphatic carbocycles. The fraction of sp³-hybridized carbons (Fsp3) is 0.533. The first-order chi connectivity index (χ1) is 8.01. The molecule has 0 saturated heterocycles. The summed E-state index contributed by atoms with van der Waals surface area (Å²) in [6, 6.07) is 11.6. The van der Waals surface area contributed by atoms with Gasteiger partial charge in [-0.1, -0.05) is 45.4 Å². The molecule has 0 amide bonds. The smallest absolute Gasteiger partial charge is 0.0991 e. The summed E-state index contributed by atoms with van der Waals surface area (Å²) in [4.78, 5) is 0. The highest BCUT2D eigenvalue weighted by molar-refractivity contribution is 6.39. The number of rotatable bonds is 5. The molecular formula is C15H23NSi. The lowest BCUT2D eigenvalue weighted by atomic mass is 10.1. The third-order valence-corrected chi connectivity index (χ3v) is 5.33. The van der Waals surface area contributed by atoms with Crippen LogP contribution in [0.2, 0.25) is 11.1 Å². The zero-order chi connectivity index (χ0) is 12.7. The van der Waals surface area contributed by atoms with Crippen molar-refractivity contribution in [1.82, 2.24) is 0 Å². The average molecular weight is 245 g/mol. The molecule has 1 nitrogen and oxygen atoms in total. The van der Waals surface area contributed by atoms with Gasteiger partial charge in [0, 0.05) is 9.52 Å². The standard InChI is InChI=1S/C15H23NSi/c1-15(2,3)17-11-5-4-6-13-7-9-14(12-16)10-8-13/h7-10H,4-6,11,17H2,1-3H3. The van der Waals surface area contributed by atoms with Crippen LogP contribution in [-0.4, -0.2) is 9.52 Å². The van der Waals surface area contributed by atoms with Crippen molar-refractivity contribution >= 4 is 9.52 Å². The summed E-state index contributed by atoms with van der Waals surface area (Å²) >= 11 is 0. The zero-order valence-corrected chi connectivity index (χ0v) is 12.7. The van der Waals surface area contributed by atoms with E-state index in [1.807, 2.05) is 12.1 Å². The van der Waals surface area contributed by atoms with Crippen LogP contribution < -0.4 is 0 Å². The van der Waals surface area contributed by atoms with Gasteiger partial charge in [-0.3, -0.25) is 0 Å². The van der Waals surface area contributed by atoms with Crippen LogP contribution in [0, 0.1) is 11.3 Å². The van der Waals surface area contributed by atoms with E-state index < -0.39 is 0 Å². The summed E-state index contributed by atoms with van der Waals surface area (Å²) in [7, 11) is 0.0963. The number of unbranched alkanes of at least 4 members (excludes halogenated alkanes) is 1. The molecule has 0 heterocycles. The highest BCUT2D eigenvalue weighted by atomic mass is 28.2. The van der Waals surface area contributed by atoms with Crippen molar-refractivity contribution in [3.05, 3.63) is 35.4 Å². The fourth-order valence-electron chi connectivity index (χ4n) is 1.91. The lowest BCUT2D eigenvalue weighted by molar-refractivity contribution is 0.728. The molecule has 1 rings (SSSR count). The first kappa shape index (κ1) is 14.0.